The van der Waals surface area contributed by atoms with Crippen LogP contribution in [0, 0.1) is 0 Å². The Bertz CT molecular complexity index is 674. The second-order valence-electron chi connectivity index (χ2n) is 5.22. The maximum absolute atomic E-state index is 12.7. The highest BCUT2D eigenvalue weighted by atomic mass is 35.5. The standard InChI is InChI=1S/C17H20ClN3O4/c1-2-24-10-3-9-21(12-16(22)19-15-8-11-25-20-15)17(23)13-4-6-14(18)7-5-13/h4-8,11H,2-3,9-10,12H2,1H3,(H,19,20,22). The van der Waals surface area contributed by atoms with Gasteiger partial charge in [-0.15, -0.1) is 0 Å². The summed E-state index contributed by atoms with van der Waals surface area (Å²) in [5.74, 6) is -0.297. The molecule has 1 aromatic heterocycles. The molecule has 1 aromatic carbocycles. The van der Waals surface area contributed by atoms with Crippen LogP contribution in [0.1, 0.15) is 23.7 Å². The van der Waals surface area contributed by atoms with Crippen LogP contribution in [0.3, 0.4) is 0 Å². The van der Waals surface area contributed by atoms with E-state index >= 15 is 0 Å². The Hall–Kier alpha value is -2.38. The summed E-state index contributed by atoms with van der Waals surface area (Å²) in [4.78, 5) is 26.3. The Morgan fingerprint density at radius 1 is 1.28 bits per heavy atom. The SMILES string of the molecule is CCOCCCN(CC(=O)Nc1ccon1)C(=O)c1ccc(Cl)cc1. The van der Waals surface area contributed by atoms with Gasteiger partial charge in [-0.05, 0) is 37.6 Å². The van der Waals surface area contributed by atoms with Gasteiger partial charge in [0.2, 0.25) is 5.91 Å². The molecular formula is C17H20ClN3O4. The van der Waals surface area contributed by atoms with Crippen LogP contribution in [-0.4, -0.2) is 48.2 Å². The van der Waals surface area contributed by atoms with E-state index in [-0.39, 0.29) is 18.4 Å². The van der Waals surface area contributed by atoms with Crippen LogP contribution in [0.5, 0.6) is 0 Å². The normalized spacial score (nSPS) is 10.5. The van der Waals surface area contributed by atoms with Crippen LogP contribution in [0.15, 0.2) is 41.1 Å². The number of benzene rings is 1. The summed E-state index contributed by atoms with van der Waals surface area (Å²) >= 11 is 5.86. The number of nitrogens with zero attached hydrogens (tertiary/aromatic N) is 2. The lowest BCUT2D eigenvalue weighted by molar-refractivity contribution is -0.117. The highest BCUT2D eigenvalue weighted by molar-refractivity contribution is 6.30. The largest absolute Gasteiger partial charge is 0.382 e. The monoisotopic (exact) mass is 365 g/mol. The molecule has 0 aliphatic heterocycles. The van der Waals surface area contributed by atoms with Gasteiger partial charge in [-0.25, -0.2) is 0 Å². The number of aromatic nitrogens is 1. The summed E-state index contributed by atoms with van der Waals surface area (Å²) in [6.07, 6.45) is 1.98. The summed E-state index contributed by atoms with van der Waals surface area (Å²) in [5.41, 5.74) is 0.468. The number of amides is 2. The summed E-state index contributed by atoms with van der Waals surface area (Å²) in [6, 6.07) is 8.08. The van der Waals surface area contributed by atoms with Gasteiger partial charge in [0, 0.05) is 36.4 Å². The van der Waals surface area contributed by atoms with Gasteiger partial charge in [0.1, 0.15) is 12.8 Å². The van der Waals surface area contributed by atoms with Crippen molar-refractivity contribution in [1.29, 1.82) is 0 Å². The van der Waals surface area contributed by atoms with Crippen molar-refractivity contribution >= 4 is 29.2 Å². The summed E-state index contributed by atoms with van der Waals surface area (Å²) in [5, 5.41) is 6.74. The van der Waals surface area contributed by atoms with Gasteiger partial charge in [0.25, 0.3) is 5.91 Å². The second kappa shape index (κ2) is 9.80. The number of carbonyl (C=O) groups is 2. The molecule has 25 heavy (non-hydrogen) atoms. The number of hydrogen-bond acceptors (Lipinski definition) is 5. The number of hydrogen-bond donors (Lipinski definition) is 1. The molecule has 0 saturated carbocycles. The third kappa shape index (κ3) is 6.21. The Morgan fingerprint density at radius 2 is 2.04 bits per heavy atom. The van der Waals surface area contributed by atoms with E-state index in [1.165, 1.54) is 17.2 Å². The molecule has 0 unspecified atom stereocenters. The number of nitrogens with one attached hydrogen (secondary N) is 1. The maximum atomic E-state index is 12.7. The van der Waals surface area contributed by atoms with E-state index in [4.69, 9.17) is 16.3 Å². The Labute approximate surface area is 150 Å². The fourth-order valence-corrected chi connectivity index (χ4v) is 2.29. The molecule has 0 fully saturated rings. The molecular weight excluding hydrogens is 346 g/mol. The van der Waals surface area contributed by atoms with Gasteiger partial charge in [-0.1, -0.05) is 16.8 Å². The zero-order valence-electron chi connectivity index (χ0n) is 13.9. The van der Waals surface area contributed by atoms with E-state index in [0.29, 0.717) is 42.6 Å². The number of ether oxygens (including phenoxy) is 1. The molecule has 0 radical (unpaired) electrons. The summed E-state index contributed by atoms with van der Waals surface area (Å²) in [6.45, 7) is 3.33. The summed E-state index contributed by atoms with van der Waals surface area (Å²) < 4.78 is 9.96. The Morgan fingerprint density at radius 3 is 2.68 bits per heavy atom. The van der Waals surface area contributed by atoms with Gasteiger partial charge < -0.3 is 19.5 Å². The van der Waals surface area contributed by atoms with Gasteiger partial charge in [0.05, 0.1) is 0 Å². The van der Waals surface area contributed by atoms with Gasteiger partial charge >= 0.3 is 0 Å². The molecule has 8 heteroatoms. The minimum absolute atomic E-state index is 0.0968. The zero-order chi connectivity index (χ0) is 18.1. The van der Waals surface area contributed by atoms with E-state index in [2.05, 4.69) is 15.0 Å². The molecule has 0 atom stereocenters. The first-order valence-corrected chi connectivity index (χ1v) is 8.30. The number of anilines is 1. The molecule has 2 aromatic rings. The summed E-state index contributed by atoms with van der Waals surface area (Å²) in [7, 11) is 0. The van der Waals surface area contributed by atoms with E-state index in [1.807, 2.05) is 6.92 Å². The molecule has 0 bridgehead atoms. The van der Waals surface area contributed by atoms with Crippen LogP contribution in [0.25, 0.3) is 0 Å². The van der Waals surface area contributed by atoms with Crippen molar-refractivity contribution in [3.05, 3.63) is 47.2 Å². The Balaban J connectivity index is 2.01. The second-order valence-corrected chi connectivity index (χ2v) is 5.65. The van der Waals surface area contributed by atoms with Crippen LogP contribution >= 0.6 is 11.6 Å². The maximum Gasteiger partial charge on any atom is 0.254 e. The van der Waals surface area contributed by atoms with Crippen molar-refractivity contribution in [2.24, 2.45) is 0 Å². The van der Waals surface area contributed by atoms with Gasteiger partial charge in [0.15, 0.2) is 5.82 Å². The highest BCUT2D eigenvalue weighted by Gasteiger charge is 2.19. The smallest absolute Gasteiger partial charge is 0.254 e. The zero-order valence-corrected chi connectivity index (χ0v) is 14.7. The molecule has 2 amide bonds. The van der Waals surface area contributed by atoms with Gasteiger partial charge in [-0.3, -0.25) is 9.59 Å². The average molecular weight is 366 g/mol. The van der Waals surface area contributed by atoms with E-state index in [9.17, 15) is 9.59 Å². The molecule has 0 saturated heterocycles. The molecule has 134 valence electrons. The minimum atomic E-state index is -0.354. The van der Waals surface area contributed by atoms with E-state index in [1.54, 1.807) is 24.3 Å². The first kappa shape index (κ1) is 19.0. The van der Waals surface area contributed by atoms with Crippen molar-refractivity contribution in [3.8, 4) is 0 Å². The number of carbonyl (C=O) groups excluding carboxylic acids is 2. The lowest BCUT2D eigenvalue weighted by Crippen LogP contribution is -2.39. The minimum Gasteiger partial charge on any atom is -0.382 e. The van der Waals surface area contributed by atoms with E-state index < -0.39 is 0 Å². The molecule has 0 aliphatic carbocycles. The third-order valence-corrected chi connectivity index (χ3v) is 3.59. The van der Waals surface area contributed by atoms with Crippen LogP contribution in [-0.2, 0) is 9.53 Å². The molecule has 0 aliphatic rings. The molecule has 2 rings (SSSR count). The van der Waals surface area contributed by atoms with Crippen molar-refractivity contribution < 1.29 is 18.8 Å². The fraction of sp³-hybridized carbons (Fsp3) is 0.353. The van der Waals surface area contributed by atoms with Crippen LogP contribution < -0.4 is 5.32 Å². The third-order valence-electron chi connectivity index (χ3n) is 3.34. The van der Waals surface area contributed by atoms with Gasteiger partial charge in [-0.2, -0.15) is 0 Å². The predicted molar refractivity (Wildman–Crippen MR) is 93.6 cm³/mol. The average Bonchev–Trinajstić information content (AvgIpc) is 3.10. The van der Waals surface area contributed by atoms with E-state index in [0.717, 1.165) is 0 Å². The molecule has 1 heterocycles. The lowest BCUT2D eigenvalue weighted by atomic mass is 10.2. The van der Waals surface area contributed by atoms with Crippen molar-refractivity contribution in [3.63, 3.8) is 0 Å². The van der Waals surface area contributed by atoms with Crippen LogP contribution in [0.4, 0.5) is 5.82 Å². The highest BCUT2D eigenvalue weighted by Crippen LogP contribution is 2.12. The van der Waals surface area contributed by atoms with Crippen molar-refractivity contribution in [2.45, 2.75) is 13.3 Å². The molecule has 0 spiro atoms. The topological polar surface area (TPSA) is 84.7 Å². The molecule has 1 N–H and O–H groups in total. The number of halogens is 1. The first-order chi connectivity index (χ1) is 12.1. The number of rotatable bonds is 9. The first-order valence-electron chi connectivity index (χ1n) is 7.93. The fourth-order valence-electron chi connectivity index (χ4n) is 2.16. The lowest BCUT2D eigenvalue weighted by Gasteiger charge is -2.22. The predicted octanol–water partition coefficient (Wildman–Crippen LogP) is 2.84. The molecule has 7 nitrogen and oxygen atoms in total. The van der Waals surface area contributed by atoms with Crippen molar-refractivity contribution in [2.75, 3.05) is 31.6 Å². The Kier molecular flexibility index (Phi) is 7.43. The van der Waals surface area contributed by atoms with Crippen molar-refractivity contribution in [1.82, 2.24) is 10.1 Å². The van der Waals surface area contributed by atoms with Crippen LogP contribution in [0.2, 0.25) is 5.02 Å². The quantitative estimate of drug-likeness (QED) is 0.691.